The molecule has 0 amide bonds. The van der Waals surface area contributed by atoms with Crippen molar-refractivity contribution in [3.8, 4) is 0 Å². The van der Waals surface area contributed by atoms with Gasteiger partial charge in [0.2, 0.25) is 0 Å². The molecule has 1 aliphatic rings. The topological polar surface area (TPSA) is 140 Å². The van der Waals surface area contributed by atoms with E-state index in [-0.39, 0.29) is 18.8 Å². The second kappa shape index (κ2) is 4.94. The molecule has 0 radical (unpaired) electrons. The van der Waals surface area contributed by atoms with Crippen LogP contribution in [-0.4, -0.2) is 59.8 Å². The van der Waals surface area contributed by atoms with Crippen LogP contribution in [0.5, 0.6) is 0 Å². The van der Waals surface area contributed by atoms with E-state index in [2.05, 4.69) is 15.0 Å². The van der Waals surface area contributed by atoms with Crippen molar-refractivity contribution < 1.29 is 20.1 Å². The van der Waals surface area contributed by atoms with Gasteiger partial charge in [-0.05, 0) is 6.42 Å². The van der Waals surface area contributed by atoms with Crippen molar-refractivity contribution in [1.82, 2.24) is 19.5 Å². The summed E-state index contributed by atoms with van der Waals surface area (Å²) in [5, 5.41) is 29.6. The summed E-state index contributed by atoms with van der Waals surface area (Å²) in [6.45, 7) is 0.195. The zero-order valence-electron chi connectivity index (χ0n) is 10.5. The van der Waals surface area contributed by atoms with Gasteiger partial charge in [-0.3, -0.25) is 4.57 Å². The van der Waals surface area contributed by atoms with Gasteiger partial charge in [0.05, 0.1) is 19.0 Å². The van der Waals surface area contributed by atoms with Gasteiger partial charge in [0.15, 0.2) is 17.7 Å². The van der Waals surface area contributed by atoms with Crippen LogP contribution in [0, 0.1) is 0 Å². The number of fused-ring (bicyclic) bond motifs is 1. The highest BCUT2D eigenvalue weighted by molar-refractivity contribution is 5.81. The van der Waals surface area contributed by atoms with E-state index in [9.17, 15) is 15.3 Å². The van der Waals surface area contributed by atoms with Crippen LogP contribution in [-0.2, 0) is 4.74 Å². The van der Waals surface area contributed by atoms with E-state index in [1.54, 1.807) is 0 Å². The number of rotatable bonds is 1. The Morgan fingerprint density at radius 2 is 2.00 bits per heavy atom. The molecule has 0 bridgehead atoms. The van der Waals surface area contributed by atoms with Crippen LogP contribution in [0.4, 0.5) is 5.82 Å². The number of imidazole rings is 1. The molecule has 1 fully saturated rings. The van der Waals surface area contributed by atoms with Crippen LogP contribution < -0.4 is 5.73 Å². The number of aromatic nitrogens is 4. The minimum atomic E-state index is -1.31. The van der Waals surface area contributed by atoms with Crippen molar-refractivity contribution in [3.05, 3.63) is 12.7 Å². The number of ether oxygens (including phenoxy) is 1. The van der Waals surface area contributed by atoms with Crippen molar-refractivity contribution in [2.75, 3.05) is 12.3 Å². The van der Waals surface area contributed by atoms with Gasteiger partial charge in [-0.15, -0.1) is 0 Å². The highest BCUT2D eigenvalue weighted by atomic mass is 16.5. The SMILES string of the molecule is Nc1ncnc2c1ncn2[C@@H]1OCC[C@@H](O)[C@@H](O)[C@H]1O. The van der Waals surface area contributed by atoms with Gasteiger partial charge in [0.1, 0.15) is 24.1 Å². The molecular weight excluding hydrogens is 266 g/mol. The summed E-state index contributed by atoms with van der Waals surface area (Å²) >= 11 is 0. The van der Waals surface area contributed by atoms with Crippen LogP contribution in [0.15, 0.2) is 12.7 Å². The first-order chi connectivity index (χ1) is 9.59. The average Bonchev–Trinajstić information content (AvgIpc) is 2.82. The summed E-state index contributed by atoms with van der Waals surface area (Å²) in [6, 6.07) is 0. The minimum Gasteiger partial charge on any atom is -0.390 e. The fraction of sp³-hybridized carbons (Fsp3) is 0.545. The lowest BCUT2D eigenvalue weighted by molar-refractivity contribution is -0.119. The molecule has 5 N–H and O–H groups in total. The van der Waals surface area contributed by atoms with Gasteiger partial charge in [-0.1, -0.05) is 0 Å². The van der Waals surface area contributed by atoms with Crippen LogP contribution >= 0.6 is 0 Å². The fourth-order valence-corrected chi connectivity index (χ4v) is 2.28. The van der Waals surface area contributed by atoms with Crippen molar-refractivity contribution in [2.24, 2.45) is 0 Å². The summed E-state index contributed by atoms with van der Waals surface area (Å²) in [5.74, 6) is 0.220. The molecule has 1 saturated heterocycles. The fourth-order valence-electron chi connectivity index (χ4n) is 2.28. The largest absolute Gasteiger partial charge is 0.390 e. The normalized spacial score (nSPS) is 31.4. The molecule has 1 aliphatic heterocycles. The lowest BCUT2D eigenvalue weighted by Gasteiger charge is -2.25. The maximum absolute atomic E-state index is 10.1. The van der Waals surface area contributed by atoms with E-state index in [1.165, 1.54) is 17.2 Å². The third-order valence-electron chi connectivity index (χ3n) is 3.40. The average molecular weight is 281 g/mol. The number of anilines is 1. The van der Waals surface area contributed by atoms with E-state index in [1.807, 2.05) is 0 Å². The van der Waals surface area contributed by atoms with Gasteiger partial charge in [0.25, 0.3) is 0 Å². The lowest BCUT2D eigenvalue weighted by atomic mass is 10.1. The first-order valence-corrected chi connectivity index (χ1v) is 6.18. The van der Waals surface area contributed by atoms with Crippen LogP contribution in [0.25, 0.3) is 11.2 Å². The molecule has 3 heterocycles. The molecule has 20 heavy (non-hydrogen) atoms. The van der Waals surface area contributed by atoms with Crippen LogP contribution in [0.2, 0.25) is 0 Å². The zero-order valence-corrected chi connectivity index (χ0v) is 10.5. The maximum Gasteiger partial charge on any atom is 0.167 e. The first-order valence-electron chi connectivity index (χ1n) is 6.18. The Hall–Kier alpha value is -1.81. The summed E-state index contributed by atoms with van der Waals surface area (Å²) < 4.78 is 6.97. The molecule has 2 aromatic heterocycles. The number of aliphatic hydroxyl groups excluding tert-OH is 3. The Morgan fingerprint density at radius 1 is 1.20 bits per heavy atom. The maximum atomic E-state index is 10.1. The Kier molecular flexibility index (Phi) is 3.26. The zero-order chi connectivity index (χ0) is 14.3. The van der Waals surface area contributed by atoms with Crippen molar-refractivity contribution >= 4 is 17.0 Å². The number of nitrogens with zero attached hydrogens (tertiary/aromatic N) is 4. The highest BCUT2D eigenvalue weighted by Crippen LogP contribution is 2.27. The third-order valence-corrected chi connectivity index (χ3v) is 3.40. The summed E-state index contributed by atoms with van der Waals surface area (Å²) in [6.07, 6.45) is -1.62. The Bertz CT molecular complexity index is 618. The van der Waals surface area contributed by atoms with Gasteiger partial charge < -0.3 is 25.8 Å². The smallest absolute Gasteiger partial charge is 0.167 e. The van der Waals surface area contributed by atoms with E-state index in [4.69, 9.17) is 10.5 Å². The van der Waals surface area contributed by atoms with Crippen LogP contribution in [0.3, 0.4) is 0 Å². The number of aliphatic hydroxyl groups is 3. The number of nitrogens with two attached hydrogens (primary N) is 1. The number of nitrogen functional groups attached to an aromatic ring is 1. The Morgan fingerprint density at radius 3 is 2.80 bits per heavy atom. The predicted octanol–water partition coefficient (Wildman–Crippen LogP) is -1.59. The van der Waals surface area contributed by atoms with Crippen molar-refractivity contribution in [3.63, 3.8) is 0 Å². The molecule has 0 unspecified atom stereocenters. The van der Waals surface area contributed by atoms with E-state index < -0.39 is 24.5 Å². The van der Waals surface area contributed by atoms with Crippen molar-refractivity contribution in [2.45, 2.75) is 31.0 Å². The molecule has 9 nitrogen and oxygen atoms in total. The molecule has 0 saturated carbocycles. The molecule has 108 valence electrons. The van der Waals surface area contributed by atoms with Gasteiger partial charge in [0, 0.05) is 0 Å². The predicted molar refractivity (Wildman–Crippen MR) is 67.4 cm³/mol. The monoisotopic (exact) mass is 281 g/mol. The second-order valence-corrected chi connectivity index (χ2v) is 4.68. The molecule has 4 atom stereocenters. The molecule has 2 aromatic rings. The van der Waals surface area contributed by atoms with E-state index in [0.29, 0.717) is 11.2 Å². The summed E-state index contributed by atoms with van der Waals surface area (Å²) in [5.41, 5.74) is 6.48. The minimum absolute atomic E-state index is 0.195. The first kappa shape index (κ1) is 13.2. The van der Waals surface area contributed by atoms with Gasteiger partial charge in [-0.25, -0.2) is 15.0 Å². The number of hydrogen-bond donors (Lipinski definition) is 4. The molecule has 3 rings (SSSR count). The molecule has 0 spiro atoms. The van der Waals surface area contributed by atoms with E-state index >= 15 is 0 Å². The van der Waals surface area contributed by atoms with Crippen molar-refractivity contribution in [1.29, 1.82) is 0 Å². The molecule has 0 aliphatic carbocycles. The summed E-state index contributed by atoms with van der Waals surface area (Å²) in [4.78, 5) is 12.0. The molecule has 0 aromatic carbocycles. The lowest BCUT2D eigenvalue weighted by Crippen LogP contribution is -2.40. The molecule has 9 heteroatoms. The number of hydrogen-bond acceptors (Lipinski definition) is 8. The Labute approximate surface area is 113 Å². The molecular formula is C11H15N5O4. The standard InChI is InChI=1S/C11H15N5O4/c12-9-6-10(14-3-13-9)16(4-15-6)11-8(19)7(18)5(17)1-2-20-11/h3-5,7-8,11,17-19H,1-2H2,(H2,12,13,14)/t5-,7-,8-,11-/m1/s1. The van der Waals surface area contributed by atoms with Gasteiger partial charge >= 0.3 is 0 Å². The highest BCUT2D eigenvalue weighted by Gasteiger charge is 2.36. The Balaban J connectivity index is 2.03. The van der Waals surface area contributed by atoms with E-state index in [0.717, 1.165) is 0 Å². The quantitative estimate of drug-likeness (QED) is 0.490. The van der Waals surface area contributed by atoms with Gasteiger partial charge in [-0.2, -0.15) is 0 Å². The van der Waals surface area contributed by atoms with Crippen LogP contribution in [0.1, 0.15) is 12.6 Å². The summed E-state index contributed by atoms with van der Waals surface area (Å²) in [7, 11) is 0. The third kappa shape index (κ3) is 2.00. The second-order valence-electron chi connectivity index (χ2n) is 4.68.